The maximum absolute atomic E-state index is 13.8. The number of rotatable bonds is 2. The van der Waals surface area contributed by atoms with Crippen LogP contribution in [-0.4, -0.2) is 15.1 Å². The second-order valence-corrected chi connectivity index (χ2v) is 4.71. The molecule has 0 radical (unpaired) electrons. The Morgan fingerprint density at radius 2 is 1.90 bits per heavy atom. The Labute approximate surface area is 119 Å². The molecule has 0 aliphatic rings. The third-order valence-corrected chi connectivity index (χ3v) is 3.47. The van der Waals surface area contributed by atoms with Crippen LogP contribution < -0.4 is 5.56 Å². The molecule has 3 rings (SSSR count). The first-order valence-electron chi connectivity index (χ1n) is 6.61. The van der Waals surface area contributed by atoms with Crippen molar-refractivity contribution in [3.05, 3.63) is 58.1 Å². The van der Waals surface area contributed by atoms with Crippen molar-refractivity contribution in [2.75, 3.05) is 0 Å². The van der Waals surface area contributed by atoms with E-state index in [1.165, 1.54) is 6.07 Å². The number of aromatic hydroxyl groups is 1. The molecule has 0 aliphatic heterocycles. The van der Waals surface area contributed by atoms with Crippen LogP contribution in [0.1, 0.15) is 12.5 Å². The summed E-state index contributed by atoms with van der Waals surface area (Å²) in [6.07, 6.45) is 0.388. The Morgan fingerprint density at radius 1 is 1.19 bits per heavy atom. The first kappa shape index (κ1) is 13.3. The fourth-order valence-electron chi connectivity index (χ4n) is 2.40. The molecule has 0 saturated heterocycles. The summed E-state index contributed by atoms with van der Waals surface area (Å²) in [6.45, 7) is 1.76. The largest absolute Gasteiger partial charge is 0.493 e. The number of nitrogens with one attached hydrogen (secondary N) is 1. The molecule has 0 atom stereocenters. The molecule has 5 heteroatoms. The molecule has 0 saturated carbocycles. The molecule has 0 fully saturated rings. The van der Waals surface area contributed by atoms with Crippen LogP contribution >= 0.6 is 0 Å². The van der Waals surface area contributed by atoms with E-state index in [9.17, 15) is 14.3 Å². The van der Waals surface area contributed by atoms with E-state index in [1.54, 1.807) is 37.3 Å². The summed E-state index contributed by atoms with van der Waals surface area (Å²) >= 11 is 0. The van der Waals surface area contributed by atoms with Gasteiger partial charge in [0.15, 0.2) is 0 Å². The van der Waals surface area contributed by atoms with Gasteiger partial charge >= 0.3 is 0 Å². The van der Waals surface area contributed by atoms with E-state index >= 15 is 0 Å². The molecule has 2 aromatic carbocycles. The van der Waals surface area contributed by atoms with Crippen LogP contribution in [0.15, 0.2) is 41.2 Å². The average molecular weight is 284 g/mol. The zero-order valence-electron chi connectivity index (χ0n) is 11.4. The number of fused-ring (bicyclic) bond motifs is 1. The highest BCUT2D eigenvalue weighted by molar-refractivity contribution is 5.95. The number of halogens is 1. The van der Waals surface area contributed by atoms with E-state index < -0.39 is 0 Å². The third-order valence-electron chi connectivity index (χ3n) is 3.47. The zero-order valence-corrected chi connectivity index (χ0v) is 11.4. The van der Waals surface area contributed by atoms with E-state index in [1.807, 2.05) is 0 Å². The number of aromatic amines is 1. The molecule has 0 unspecified atom stereocenters. The number of aromatic nitrogens is 2. The molecule has 0 spiro atoms. The van der Waals surface area contributed by atoms with E-state index in [0.717, 1.165) is 0 Å². The van der Waals surface area contributed by atoms with Gasteiger partial charge in [0.05, 0.1) is 5.56 Å². The highest BCUT2D eigenvalue weighted by Gasteiger charge is 2.13. The number of nitrogens with zero attached hydrogens (tertiary/aromatic N) is 1. The number of benzene rings is 2. The SMILES string of the molecule is CCc1c(O)nc(-c2ccc(F)c3ccccc23)[nH]c1=O. The molecule has 2 N–H and O–H groups in total. The van der Waals surface area contributed by atoms with Crippen LogP contribution in [0.5, 0.6) is 5.88 Å². The Balaban J connectivity index is 2.32. The summed E-state index contributed by atoms with van der Waals surface area (Å²) < 4.78 is 13.8. The van der Waals surface area contributed by atoms with Gasteiger partial charge < -0.3 is 10.1 Å². The molecule has 0 bridgehead atoms. The highest BCUT2D eigenvalue weighted by Crippen LogP contribution is 2.28. The monoisotopic (exact) mass is 284 g/mol. The lowest BCUT2D eigenvalue weighted by Gasteiger charge is -2.08. The molecule has 4 nitrogen and oxygen atoms in total. The van der Waals surface area contributed by atoms with Gasteiger partial charge in [0, 0.05) is 10.9 Å². The van der Waals surface area contributed by atoms with Gasteiger partial charge in [-0.2, -0.15) is 4.98 Å². The molecular weight excluding hydrogens is 271 g/mol. The predicted molar refractivity (Wildman–Crippen MR) is 78.8 cm³/mol. The van der Waals surface area contributed by atoms with Crippen molar-refractivity contribution in [2.45, 2.75) is 13.3 Å². The van der Waals surface area contributed by atoms with Crippen molar-refractivity contribution in [1.29, 1.82) is 0 Å². The van der Waals surface area contributed by atoms with Crippen molar-refractivity contribution in [3.63, 3.8) is 0 Å². The topological polar surface area (TPSA) is 66.0 Å². The van der Waals surface area contributed by atoms with Gasteiger partial charge in [0.1, 0.15) is 11.6 Å². The second-order valence-electron chi connectivity index (χ2n) is 4.71. The van der Waals surface area contributed by atoms with Crippen LogP contribution in [-0.2, 0) is 6.42 Å². The lowest BCUT2D eigenvalue weighted by atomic mass is 10.0. The highest BCUT2D eigenvalue weighted by atomic mass is 19.1. The van der Waals surface area contributed by atoms with Crippen molar-refractivity contribution < 1.29 is 9.50 Å². The lowest BCUT2D eigenvalue weighted by Crippen LogP contribution is -2.14. The Hall–Kier alpha value is -2.69. The van der Waals surface area contributed by atoms with Crippen molar-refractivity contribution in [2.24, 2.45) is 0 Å². The summed E-state index contributed by atoms with van der Waals surface area (Å²) in [6, 6.07) is 9.79. The fraction of sp³-hybridized carbons (Fsp3) is 0.125. The van der Waals surface area contributed by atoms with Gasteiger partial charge in [-0.25, -0.2) is 4.39 Å². The van der Waals surface area contributed by atoms with Crippen LogP contribution in [0.2, 0.25) is 0 Å². The first-order chi connectivity index (χ1) is 10.1. The minimum absolute atomic E-state index is 0.228. The van der Waals surface area contributed by atoms with Gasteiger partial charge in [-0.15, -0.1) is 0 Å². The Morgan fingerprint density at radius 3 is 2.57 bits per heavy atom. The molecule has 0 amide bonds. The molecule has 21 heavy (non-hydrogen) atoms. The minimum Gasteiger partial charge on any atom is -0.493 e. The predicted octanol–water partition coefficient (Wildman–Crippen LogP) is 3.00. The van der Waals surface area contributed by atoms with Gasteiger partial charge in [-0.05, 0) is 23.9 Å². The van der Waals surface area contributed by atoms with Crippen LogP contribution in [0.3, 0.4) is 0 Å². The van der Waals surface area contributed by atoms with E-state index in [-0.39, 0.29) is 28.6 Å². The van der Waals surface area contributed by atoms with Crippen LogP contribution in [0.25, 0.3) is 22.2 Å². The number of H-pyrrole nitrogens is 1. The van der Waals surface area contributed by atoms with Crippen LogP contribution in [0.4, 0.5) is 4.39 Å². The summed E-state index contributed by atoms with van der Waals surface area (Å²) in [5.41, 5.74) is 0.431. The summed E-state index contributed by atoms with van der Waals surface area (Å²) in [7, 11) is 0. The smallest absolute Gasteiger partial charge is 0.258 e. The minimum atomic E-state index is -0.381. The number of hydrogen-bond donors (Lipinski definition) is 2. The maximum atomic E-state index is 13.8. The van der Waals surface area contributed by atoms with Gasteiger partial charge in [0.25, 0.3) is 5.56 Å². The van der Waals surface area contributed by atoms with Gasteiger partial charge in [-0.3, -0.25) is 4.79 Å². The van der Waals surface area contributed by atoms with E-state index in [2.05, 4.69) is 9.97 Å². The van der Waals surface area contributed by atoms with Gasteiger partial charge in [-0.1, -0.05) is 31.2 Å². The Bertz CT molecular complexity index is 887. The van der Waals surface area contributed by atoms with Crippen molar-refractivity contribution in [1.82, 2.24) is 9.97 Å². The molecule has 1 aromatic heterocycles. The van der Waals surface area contributed by atoms with Crippen molar-refractivity contribution in [3.8, 4) is 17.3 Å². The summed E-state index contributed by atoms with van der Waals surface area (Å²) in [5, 5.41) is 10.9. The van der Waals surface area contributed by atoms with Gasteiger partial charge in [0.2, 0.25) is 5.88 Å². The lowest BCUT2D eigenvalue weighted by molar-refractivity contribution is 0.444. The quantitative estimate of drug-likeness (QED) is 0.760. The average Bonchev–Trinajstić information content (AvgIpc) is 2.47. The maximum Gasteiger partial charge on any atom is 0.258 e. The second kappa shape index (κ2) is 5.01. The molecular formula is C16H13FN2O2. The summed E-state index contributed by atoms with van der Waals surface area (Å²) in [4.78, 5) is 18.6. The molecule has 106 valence electrons. The van der Waals surface area contributed by atoms with E-state index in [0.29, 0.717) is 22.8 Å². The van der Waals surface area contributed by atoms with Crippen LogP contribution in [0, 0.1) is 5.82 Å². The molecule has 0 aliphatic carbocycles. The summed E-state index contributed by atoms with van der Waals surface area (Å²) in [5.74, 6) is -0.401. The van der Waals surface area contributed by atoms with E-state index in [4.69, 9.17) is 0 Å². The first-order valence-corrected chi connectivity index (χ1v) is 6.61. The third kappa shape index (κ3) is 2.16. The standard InChI is InChI=1S/C16H13FN2O2/c1-2-9-15(20)18-14(19-16(9)21)12-7-8-13(17)11-6-4-3-5-10(11)12/h3-8H,2H2,1H3,(H2,18,19,20,21). The molecule has 3 aromatic rings. The fourth-order valence-corrected chi connectivity index (χ4v) is 2.40. The normalized spacial score (nSPS) is 11.0. The number of hydrogen-bond acceptors (Lipinski definition) is 3. The zero-order chi connectivity index (χ0) is 15.0. The van der Waals surface area contributed by atoms with Crippen molar-refractivity contribution >= 4 is 10.8 Å². The molecule has 1 heterocycles. The Kier molecular flexibility index (Phi) is 3.17.